The lowest BCUT2D eigenvalue weighted by Crippen LogP contribution is -2.52. The first-order chi connectivity index (χ1) is 18.4. The van der Waals surface area contributed by atoms with Crippen LogP contribution >= 0.6 is 0 Å². The molecule has 2 N–H and O–H groups in total. The molecule has 33 heavy (non-hydrogen) atoms. The number of imide groups is 1. The van der Waals surface area contributed by atoms with Crippen LogP contribution in [0.5, 0.6) is 0 Å². The molecule has 2 aromatic rings. The van der Waals surface area contributed by atoms with E-state index in [1.165, 1.54) is 0 Å². The normalized spacial score (nSPS) is 27.3. The minimum Gasteiger partial charge on any atom is -0.381 e. The highest BCUT2D eigenvalue weighted by atomic mass is 16.5. The molecule has 2 saturated heterocycles. The molecule has 172 valence electrons. The third-order valence-electron chi connectivity index (χ3n) is 5.89. The van der Waals surface area contributed by atoms with Crippen molar-refractivity contribution in [1.29, 1.82) is 0 Å². The Hall–Kier alpha value is -3.23. The van der Waals surface area contributed by atoms with Crippen LogP contribution in [0.2, 0.25) is 0 Å². The summed E-state index contributed by atoms with van der Waals surface area (Å²) in [7, 11) is 0. The number of hydrogen-bond donors (Lipinski definition) is 2. The molecule has 8 heteroatoms. The summed E-state index contributed by atoms with van der Waals surface area (Å²) in [5.74, 6) is -3.10. The maximum absolute atomic E-state index is 13.3. The second-order valence-electron chi connectivity index (χ2n) is 7.98. The van der Waals surface area contributed by atoms with E-state index in [2.05, 4.69) is 5.32 Å². The summed E-state index contributed by atoms with van der Waals surface area (Å²) < 4.78 is 55.4. The maximum atomic E-state index is 13.3. The van der Waals surface area contributed by atoms with E-state index in [1.54, 1.807) is 35.2 Å². The summed E-state index contributed by atoms with van der Waals surface area (Å²) in [5, 5.41) is 5.12. The van der Waals surface area contributed by atoms with Crippen LogP contribution in [0, 0.1) is 0 Å². The highest BCUT2D eigenvalue weighted by molar-refractivity contribution is 6.06. The topological polar surface area (TPSA) is 91.0 Å². The van der Waals surface area contributed by atoms with Crippen LogP contribution in [-0.2, 0) is 33.9 Å². The number of nitrogens with zero attached hydrogens (tertiary/aromatic N) is 2. The average Bonchev–Trinajstić information content (AvgIpc) is 3.23. The number of rotatable bonds is 6. The van der Waals surface area contributed by atoms with Crippen LogP contribution in [0.1, 0.15) is 48.0 Å². The van der Waals surface area contributed by atoms with Gasteiger partial charge in [-0.05, 0) is 29.6 Å². The highest BCUT2D eigenvalue weighted by Crippen LogP contribution is 2.32. The molecule has 2 aromatic carbocycles. The molecule has 0 spiro atoms. The first-order valence-corrected chi connectivity index (χ1v) is 10.8. The van der Waals surface area contributed by atoms with Crippen LogP contribution in [0.4, 0.5) is 5.69 Å². The van der Waals surface area contributed by atoms with Gasteiger partial charge in [0.1, 0.15) is 6.04 Å². The quantitative estimate of drug-likeness (QED) is 0.648. The average molecular weight is 455 g/mol. The van der Waals surface area contributed by atoms with E-state index in [-0.39, 0.29) is 18.7 Å². The van der Waals surface area contributed by atoms with Crippen LogP contribution in [0.3, 0.4) is 0 Å². The molecule has 0 saturated carbocycles. The fourth-order valence-corrected chi connectivity index (χ4v) is 4.18. The molecule has 2 fully saturated rings. The van der Waals surface area contributed by atoms with E-state index >= 15 is 0 Å². The van der Waals surface area contributed by atoms with Crippen molar-refractivity contribution < 1.29 is 27.3 Å². The smallest absolute Gasteiger partial charge is 0.255 e. The SMILES string of the molecule is [2H]C([2H])(c1ccccc1CNc1cccc2c1CN(C1C(=O)NC(=O)C([2H])([2H])C1([2H])[2H])C2=O)N1CCOCC1. The van der Waals surface area contributed by atoms with Crippen molar-refractivity contribution in [2.75, 3.05) is 31.6 Å². The maximum Gasteiger partial charge on any atom is 0.255 e. The van der Waals surface area contributed by atoms with E-state index in [4.69, 9.17) is 13.0 Å². The van der Waals surface area contributed by atoms with Crippen LogP contribution in [-0.4, -0.2) is 59.9 Å². The van der Waals surface area contributed by atoms with Gasteiger partial charge in [-0.15, -0.1) is 0 Å². The largest absolute Gasteiger partial charge is 0.381 e. The number of carbonyl (C=O) groups excluding carboxylic acids is 3. The van der Waals surface area contributed by atoms with Gasteiger partial charge in [-0.2, -0.15) is 0 Å². The molecule has 0 aliphatic carbocycles. The van der Waals surface area contributed by atoms with E-state index in [0.717, 1.165) is 4.90 Å². The minimum absolute atomic E-state index is 0.171. The van der Waals surface area contributed by atoms with Crippen LogP contribution < -0.4 is 10.6 Å². The Morgan fingerprint density at radius 3 is 2.70 bits per heavy atom. The number of ether oxygens (including phenoxy) is 1. The summed E-state index contributed by atoms with van der Waals surface area (Å²) in [4.78, 5) is 40.6. The first kappa shape index (κ1) is 15.6. The second-order valence-corrected chi connectivity index (χ2v) is 7.98. The highest BCUT2D eigenvalue weighted by Gasteiger charge is 2.39. The Bertz CT molecular complexity index is 1330. The Kier molecular flexibility index (Phi) is 4.40. The zero-order chi connectivity index (χ0) is 28.2. The van der Waals surface area contributed by atoms with E-state index in [9.17, 15) is 14.4 Å². The molecule has 1 unspecified atom stereocenters. The first-order valence-electron chi connectivity index (χ1n) is 13.8. The van der Waals surface area contributed by atoms with Crippen LogP contribution in [0.25, 0.3) is 0 Å². The monoisotopic (exact) mass is 454 g/mol. The molecule has 3 heterocycles. The number of fused-ring (bicyclic) bond motifs is 1. The summed E-state index contributed by atoms with van der Waals surface area (Å²) in [6.45, 7) is 0.154. The number of nitrogens with one attached hydrogen (secondary N) is 2. The molecule has 3 amide bonds. The van der Waals surface area contributed by atoms with Crippen molar-refractivity contribution in [3.63, 3.8) is 0 Å². The van der Waals surface area contributed by atoms with E-state index in [1.807, 2.05) is 17.4 Å². The predicted octanol–water partition coefficient (Wildman–Crippen LogP) is 1.89. The number of benzene rings is 2. The molecule has 3 aliphatic rings. The Balaban J connectivity index is 1.40. The van der Waals surface area contributed by atoms with Gasteiger partial charge in [-0.1, -0.05) is 30.3 Å². The minimum atomic E-state index is -3.02. The van der Waals surface area contributed by atoms with Gasteiger partial charge in [0.15, 0.2) is 0 Å². The summed E-state index contributed by atoms with van der Waals surface area (Å²) in [5.41, 5.74) is 2.49. The molecular formula is C25H28N4O4. The summed E-state index contributed by atoms with van der Waals surface area (Å²) >= 11 is 0. The fourth-order valence-electron chi connectivity index (χ4n) is 4.18. The van der Waals surface area contributed by atoms with E-state index in [0.29, 0.717) is 48.7 Å². The van der Waals surface area contributed by atoms with Gasteiger partial charge in [-0.3, -0.25) is 24.6 Å². The van der Waals surface area contributed by atoms with Crippen molar-refractivity contribution >= 4 is 23.4 Å². The number of hydrogen-bond acceptors (Lipinski definition) is 6. The lowest BCUT2D eigenvalue weighted by molar-refractivity contribution is -0.136. The zero-order valence-electron chi connectivity index (χ0n) is 23.9. The molecule has 8 nitrogen and oxygen atoms in total. The van der Waals surface area contributed by atoms with Gasteiger partial charge in [0.25, 0.3) is 5.91 Å². The number of piperidine rings is 1. The third kappa shape index (κ3) is 4.49. The van der Waals surface area contributed by atoms with Gasteiger partial charge < -0.3 is 15.0 Å². The van der Waals surface area contributed by atoms with Gasteiger partial charge in [0, 0.05) is 64.1 Å². The standard InChI is InChI=1S/C25H28N4O4/c30-23-9-8-22(24(31)27-23)29-16-20-19(25(29)32)6-3-7-21(20)26-14-17-4-1-2-5-18(17)15-28-10-12-33-13-11-28/h1-7,22,26H,8-16H2,(H,27,30,31)/i8D2,9D2,15D2. The van der Waals surface area contributed by atoms with E-state index < -0.39 is 43.0 Å². The van der Waals surface area contributed by atoms with Crippen molar-refractivity contribution in [3.05, 3.63) is 64.7 Å². The van der Waals surface area contributed by atoms with Crippen LogP contribution in [0.15, 0.2) is 42.5 Å². The number of carbonyl (C=O) groups is 3. The van der Waals surface area contributed by atoms with Gasteiger partial charge in [0.05, 0.1) is 13.2 Å². The Morgan fingerprint density at radius 1 is 1.09 bits per heavy atom. The van der Waals surface area contributed by atoms with Crippen molar-refractivity contribution in [1.82, 2.24) is 15.1 Å². The second kappa shape index (κ2) is 9.33. The lowest BCUT2D eigenvalue weighted by Gasteiger charge is -2.29. The predicted molar refractivity (Wildman–Crippen MR) is 122 cm³/mol. The molecule has 3 aliphatic heterocycles. The molecule has 0 bridgehead atoms. The van der Waals surface area contributed by atoms with Crippen molar-refractivity contribution in [3.8, 4) is 0 Å². The Labute approximate surface area is 201 Å². The lowest BCUT2D eigenvalue weighted by atomic mass is 10.0. The molecule has 0 aromatic heterocycles. The molecular weight excluding hydrogens is 420 g/mol. The molecule has 5 rings (SSSR count). The molecule has 0 radical (unpaired) electrons. The van der Waals surface area contributed by atoms with Gasteiger partial charge in [-0.25, -0.2) is 0 Å². The summed E-state index contributed by atoms with van der Waals surface area (Å²) in [6, 6.07) is 10.2. The number of morpholine rings is 1. The molecule has 1 atom stereocenters. The van der Waals surface area contributed by atoms with Crippen molar-refractivity contribution in [2.45, 2.75) is 38.4 Å². The fraction of sp³-hybridized carbons (Fsp3) is 0.400. The number of anilines is 1. The van der Waals surface area contributed by atoms with Crippen molar-refractivity contribution in [2.24, 2.45) is 0 Å². The third-order valence-corrected chi connectivity index (χ3v) is 5.89. The zero-order valence-corrected chi connectivity index (χ0v) is 17.9. The Morgan fingerprint density at radius 2 is 1.88 bits per heavy atom. The number of amides is 3. The van der Waals surface area contributed by atoms with Gasteiger partial charge >= 0.3 is 0 Å². The van der Waals surface area contributed by atoms with Gasteiger partial charge in [0.2, 0.25) is 11.8 Å². The summed E-state index contributed by atoms with van der Waals surface area (Å²) in [6.07, 6.45) is -5.98.